The van der Waals surface area contributed by atoms with Crippen molar-refractivity contribution in [1.29, 1.82) is 5.26 Å². The lowest BCUT2D eigenvalue weighted by molar-refractivity contribution is -0.114. The molecule has 3 rings (SSSR count). The lowest BCUT2D eigenvalue weighted by Gasteiger charge is -2.19. The van der Waals surface area contributed by atoms with Gasteiger partial charge in [-0.2, -0.15) is 10.4 Å². The zero-order valence-electron chi connectivity index (χ0n) is 12.7. The van der Waals surface area contributed by atoms with E-state index in [0.29, 0.717) is 30.2 Å². The van der Waals surface area contributed by atoms with Crippen molar-refractivity contribution < 1.29 is 9.18 Å². The Labute approximate surface area is 133 Å². The van der Waals surface area contributed by atoms with Crippen LogP contribution in [0.15, 0.2) is 30.5 Å². The van der Waals surface area contributed by atoms with Gasteiger partial charge in [-0.15, -0.1) is 0 Å². The summed E-state index contributed by atoms with van der Waals surface area (Å²) >= 11 is 0. The van der Waals surface area contributed by atoms with Gasteiger partial charge in [0.15, 0.2) is 5.82 Å². The summed E-state index contributed by atoms with van der Waals surface area (Å²) in [5.41, 5.74) is 0.815. The second-order valence-corrected chi connectivity index (χ2v) is 5.53. The molecule has 1 saturated heterocycles. The average Bonchev–Trinajstić information content (AvgIpc) is 3.15. The first-order valence-corrected chi connectivity index (χ1v) is 7.34. The highest BCUT2D eigenvalue weighted by atomic mass is 19.1. The van der Waals surface area contributed by atoms with Crippen LogP contribution in [0.25, 0.3) is 0 Å². The third-order valence-corrected chi connectivity index (χ3v) is 3.87. The van der Waals surface area contributed by atoms with E-state index in [1.165, 1.54) is 13.0 Å². The van der Waals surface area contributed by atoms with Crippen LogP contribution in [-0.4, -0.2) is 28.8 Å². The van der Waals surface area contributed by atoms with Gasteiger partial charge in [-0.05, 0) is 24.6 Å². The number of aromatic nitrogens is 2. The van der Waals surface area contributed by atoms with Gasteiger partial charge >= 0.3 is 0 Å². The van der Waals surface area contributed by atoms with Crippen molar-refractivity contribution >= 4 is 17.4 Å². The molecule has 0 spiro atoms. The largest absolute Gasteiger partial charge is 0.367 e. The lowest BCUT2D eigenvalue weighted by Crippen LogP contribution is -2.22. The summed E-state index contributed by atoms with van der Waals surface area (Å²) in [6.45, 7) is 2.77. The Kier molecular flexibility index (Phi) is 3.98. The topological polar surface area (TPSA) is 74.0 Å². The van der Waals surface area contributed by atoms with E-state index >= 15 is 0 Å². The molecular weight excluding hydrogens is 297 g/mol. The van der Waals surface area contributed by atoms with E-state index in [1.54, 1.807) is 22.9 Å². The van der Waals surface area contributed by atoms with Crippen molar-refractivity contribution in [2.24, 2.45) is 0 Å². The second kappa shape index (κ2) is 6.08. The molecular formula is C16H16FN5O. The second-order valence-electron chi connectivity index (χ2n) is 5.53. The molecule has 1 N–H and O–H groups in total. The molecule has 2 aromatic rings. The van der Waals surface area contributed by atoms with Gasteiger partial charge in [0, 0.05) is 32.3 Å². The first-order chi connectivity index (χ1) is 11.1. The minimum atomic E-state index is -0.385. The van der Waals surface area contributed by atoms with Crippen LogP contribution >= 0.6 is 0 Å². The van der Waals surface area contributed by atoms with Crippen LogP contribution in [0.3, 0.4) is 0 Å². The highest BCUT2D eigenvalue weighted by molar-refractivity contribution is 5.87. The first-order valence-electron chi connectivity index (χ1n) is 7.34. The van der Waals surface area contributed by atoms with Crippen molar-refractivity contribution in [3.8, 4) is 6.07 Å². The van der Waals surface area contributed by atoms with E-state index in [1.807, 2.05) is 17.2 Å². The predicted molar refractivity (Wildman–Crippen MR) is 83.5 cm³/mol. The molecule has 0 aliphatic carbocycles. The normalized spacial score (nSPS) is 17.1. The van der Waals surface area contributed by atoms with Crippen LogP contribution in [-0.2, 0) is 4.79 Å². The summed E-state index contributed by atoms with van der Waals surface area (Å²) < 4.78 is 15.9. The molecule has 1 atom stereocenters. The number of hydrogen-bond acceptors (Lipinski definition) is 4. The first kappa shape index (κ1) is 15.0. The molecule has 1 aliphatic heterocycles. The van der Waals surface area contributed by atoms with Gasteiger partial charge in [-0.25, -0.2) is 4.39 Å². The van der Waals surface area contributed by atoms with Gasteiger partial charge in [-0.1, -0.05) is 0 Å². The molecule has 1 aromatic heterocycles. The molecule has 1 aliphatic rings. The Balaban J connectivity index is 1.72. The molecule has 7 heteroatoms. The Morgan fingerprint density at radius 2 is 2.30 bits per heavy atom. The van der Waals surface area contributed by atoms with Crippen molar-refractivity contribution in [3.05, 3.63) is 41.8 Å². The maximum Gasteiger partial charge on any atom is 0.222 e. The number of amides is 1. The zero-order chi connectivity index (χ0) is 16.4. The van der Waals surface area contributed by atoms with Crippen LogP contribution in [0.2, 0.25) is 0 Å². The molecule has 2 heterocycles. The number of carbonyl (C=O) groups is 1. The minimum absolute atomic E-state index is 0.118. The number of benzene rings is 1. The van der Waals surface area contributed by atoms with E-state index in [4.69, 9.17) is 5.26 Å². The SMILES string of the molecule is CC(=O)Nc1ccn([C@H]2CCN(c3ccc(C#N)cc3F)C2)n1. The number of halogens is 1. The van der Waals surface area contributed by atoms with E-state index in [-0.39, 0.29) is 17.8 Å². The van der Waals surface area contributed by atoms with Gasteiger partial charge < -0.3 is 10.2 Å². The summed E-state index contributed by atoms with van der Waals surface area (Å²) in [7, 11) is 0. The highest BCUT2D eigenvalue weighted by Gasteiger charge is 2.26. The van der Waals surface area contributed by atoms with Gasteiger partial charge in [0.1, 0.15) is 5.82 Å². The molecule has 6 nitrogen and oxygen atoms in total. The van der Waals surface area contributed by atoms with E-state index in [2.05, 4.69) is 10.4 Å². The van der Waals surface area contributed by atoms with Crippen molar-refractivity contribution in [1.82, 2.24) is 9.78 Å². The summed E-state index contributed by atoms with van der Waals surface area (Å²) in [4.78, 5) is 13.0. The monoisotopic (exact) mass is 313 g/mol. The maximum absolute atomic E-state index is 14.1. The summed E-state index contributed by atoms with van der Waals surface area (Å²) in [5.74, 6) is -0.0347. The fourth-order valence-corrected chi connectivity index (χ4v) is 2.80. The van der Waals surface area contributed by atoms with Crippen molar-refractivity contribution in [3.63, 3.8) is 0 Å². The van der Waals surface area contributed by atoms with Gasteiger partial charge in [0.05, 0.1) is 23.4 Å². The number of nitriles is 1. The molecule has 1 aromatic carbocycles. The number of anilines is 2. The summed E-state index contributed by atoms with van der Waals surface area (Å²) in [5, 5.41) is 15.8. The molecule has 0 radical (unpaired) electrons. The standard InChI is InChI=1S/C16H16FN5O/c1-11(23)19-16-5-7-22(20-16)13-4-6-21(10-13)15-3-2-12(9-18)8-14(15)17/h2-3,5,7-8,13H,4,6,10H2,1H3,(H,19,20,23)/t13-/m0/s1. The number of rotatable bonds is 3. The van der Waals surface area contributed by atoms with Crippen LogP contribution in [0.5, 0.6) is 0 Å². The fraction of sp³-hybridized carbons (Fsp3) is 0.312. The smallest absolute Gasteiger partial charge is 0.222 e. The number of nitrogens with zero attached hydrogens (tertiary/aromatic N) is 4. The molecule has 0 saturated carbocycles. The Hall–Kier alpha value is -2.88. The Bertz CT molecular complexity index is 779. The lowest BCUT2D eigenvalue weighted by atomic mass is 10.2. The van der Waals surface area contributed by atoms with Crippen LogP contribution < -0.4 is 10.2 Å². The average molecular weight is 313 g/mol. The summed E-state index contributed by atoms with van der Waals surface area (Å²) in [6.07, 6.45) is 2.65. The molecule has 0 bridgehead atoms. The molecule has 118 valence electrons. The predicted octanol–water partition coefficient (Wildman–Crippen LogP) is 2.30. The number of hydrogen-bond donors (Lipinski definition) is 1. The molecule has 0 unspecified atom stereocenters. The maximum atomic E-state index is 14.1. The van der Waals surface area contributed by atoms with Crippen LogP contribution in [0.1, 0.15) is 24.9 Å². The third-order valence-electron chi connectivity index (χ3n) is 3.87. The van der Waals surface area contributed by atoms with Gasteiger partial charge in [0.2, 0.25) is 5.91 Å². The number of nitrogens with one attached hydrogen (secondary N) is 1. The quantitative estimate of drug-likeness (QED) is 0.943. The van der Waals surface area contributed by atoms with Gasteiger partial charge in [-0.3, -0.25) is 9.48 Å². The molecule has 1 amide bonds. The third kappa shape index (κ3) is 3.16. The summed E-state index contributed by atoms with van der Waals surface area (Å²) in [6, 6.07) is 8.31. The molecule has 1 fully saturated rings. The minimum Gasteiger partial charge on any atom is -0.367 e. The van der Waals surface area contributed by atoms with Crippen LogP contribution in [0, 0.1) is 17.1 Å². The fourth-order valence-electron chi connectivity index (χ4n) is 2.80. The van der Waals surface area contributed by atoms with E-state index < -0.39 is 0 Å². The zero-order valence-corrected chi connectivity index (χ0v) is 12.7. The van der Waals surface area contributed by atoms with E-state index in [9.17, 15) is 9.18 Å². The van der Waals surface area contributed by atoms with Crippen molar-refractivity contribution in [2.75, 3.05) is 23.3 Å². The van der Waals surface area contributed by atoms with E-state index in [0.717, 1.165) is 6.42 Å². The Morgan fingerprint density at radius 3 is 3.00 bits per heavy atom. The Morgan fingerprint density at radius 1 is 1.48 bits per heavy atom. The van der Waals surface area contributed by atoms with Crippen LogP contribution in [0.4, 0.5) is 15.9 Å². The van der Waals surface area contributed by atoms with Crippen molar-refractivity contribution in [2.45, 2.75) is 19.4 Å². The highest BCUT2D eigenvalue weighted by Crippen LogP contribution is 2.29. The van der Waals surface area contributed by atoms with Gasteiger partial charge in [0.25, 0.3) is 0 Å². The molecule has 23 heavy (non-hydrogen) atoms. The number of carbonyl (C=O) groups excluding carboxylic acids is 1.